The summed E-state index contributed by atoms with van der Waals surface area (Å²) in [6.45, 7) is 0. The molecule has 2 saturated carbocycles. The van der Waals surface area contributed by atoms with E-state index in [4.69, 9.17) is 0 Å². The van der Waals surface area contributed by atoms with Crippen LogP contribution in [0.2, 0.25) is 0 Å². The summed E-state index contributed by atoms with van der Waals surface area (Å²) in [4.78, 5) is 16.5. The second-order valence-corrected chi connectivity index (χ2v) is 15.2. The maximum Gasteiger partial charge on any atom is 0.234 e. The summed E-state index contributed by atoms with van der Waals surface area (Å²) in [7, 11) is -3.33. The number of carbonyl (C=O) groups is 1. The quantitative estimate of drug-likeness (QED) is 0.278. The first-order valence-electron chi connectivity index (χ1n) is 16.2. The van der Waals surface area contributed by atoms with Gasteiger partial charge in [0.25, 0.3) is 0 Å². The Morgan fingerprint density at radius 2 is 1.48 bits per heavy atom. The molecule has 7 nitrogen and oxygen atoms in total. The summed E-state index contributed by atoms with van der Waals surface area (Å²) in [5, 5.41) is 10.8. The molecule has 9 heteroatoms. The van der Waals surface area contributed by atoms with Gasteiger partial charge in [-0.1, -0.05) is 24.3 Å². The first-order chi connectivity index (χ1) is 22.2. The largest absolute Gasteiger partial charge is 0.508 e. The van der Waals surface area contributed by atoms with Crippen molar-refractivity contribution in [1.29, 1.82) is 0 Å². The van der Waals surface area contributed by atoms with Crippen LogP contribution in [0.3, 0.4) is 0 Å². The number of sulfonamides is 1. The molecule has 46 heavy (non-hydrogen) atoms. The number of aromatic hydroxyl groups is 1. The average Bonchev–Trinajstić information content (AvgIpc) is 3.75. The standard InChI is InChI=1S/C24H22FN3O2S.C13H14O2/c25-21-5-7-22(8-6-21)28-14-23(26-15-28)17-2-1-16-12-19-3-4-20(13-18(16)11-17)24(19)9-10-31(29,30)27-24;14-12-4-3-8-5-9-1-2-10(13(9)15)6-11(8)7-12/h1-2,5-11,14-15,19-20,27H,3-4,12-13H2;3-4,7,9-10,14H,1-2,5-6H2/t19-,20+,24+;9-,10+/m00/s1. The lowest BCUT2D eigenvalue weighted by atomic mass is 9.80. The lowest BCUT2D eigenvalue weighted by molar-refractivity contribution is -0.123. The predicted octanol–water partition coefficient (Wildman–Crippen LogP) is 6.07. The number of phenolic OH excluding ortho intramolecular Hbond substituents is 1. The van der Waals surface area contributed by atoms with Gasteiger partial charge in [-0.15, -0.1) is 0 Å². The fourth-order valence-corrected chi connectivity index (χ4v) is 9.97. The van der Waals surface area contributed by atoms with Gasteiger partial charge in [-0.25, -0.2) is 22.5 Å². The van der Waals surface area contributed by atoms with Crippen LogP contribution in [0.15, 0.2) is 84.7 Å². The molecule has 3 aromatic carbocycles. The third kappa shape index (κ3) is 5.19. The molecule has 0 saturated heterocycles. The van der Waals surface area contributed by atoms with Crippen molar-refractivity contribution in [1.82, 2.24) is 14.3 Å². The zero-order chi connectivity index (χ0) is 31.6. The van der Waals surface area contributed by atoms with Crippen LogP contribution in [0.4, 0.5) is 4.39 Å². The van der Waals surface area contributed by atoms with Crippen LogP contribution in [-0.4, -0.2) is 34.4 Å². The van der Waals surface area contributed by atoms with Crippen molar-refractivity contribution in [2.75, 3.05) is 0 Å². The van der Waals surface area contributed by atoms with E-state index < -0.39 is 15.6 Å². The fraction of sp³-hybridized carbons (Fsp3) is 0.351. The number of phenols is 1. The molecule has 5 aliphatic rings. The normalized spacial score (nSPS) is 28.2. The van der Waals surface area contributed by atoms with Gasteiger partial charge in [-0.05, 0) is 128 Å². The predicted molar refractivity (Wildman–Crippen MR) is 173 cm³/mol. The highest BCUT2D eigenvalue weighted by Crippen LogP contribution is 2.50. The summed E-state index contributed by atoms with van der Waals surface area (Å²) in [5.74, 6) is 1.53. The lowest BCUT2D eigenvalue weighted by Crippen LogP contribution is -2.50. The maximum absolute atomic E-state index is 13.2. The Bertz CT molecular complexity index is 1990. The Kier molecular flexibility index (Phi) is 7.03. The molecule has 0 radical (unpaired) electrons. The van der Waals surface area contributed by atoms with E-state index in [2.05, 4.69) is 27.9 Å². The number of nitrogens with zero attached hydrogens (tertiary/aromatic N) is 2. The maximum atomic E-state index is 13.2. The summed E-state index contributed by atoms with van der Waals surface area (Å²) in [5.41, 5.74) is 7.32. The number of fused-ring (bicyclic) bond motifs is 4. The van der Waals surface area contributed by atoms with E-state index in [0.717, 1.165) is 68.3 Å². The number of halogens is 1. The number of hydrogen-bond acceptors (Lipinski definition) is 5. The third-order valence-electron chi connectivity index (χ3n) is 11.0. The second kappa shape index (κ2) is 11.0. The minimum absolute atomic E-state index is 0.220. The molecule has 4 aliphatic carbocycles. The number of rotatable bonds is 2. The van der Waals surface area contributed by atoms with Gasteiger partial charge in [0.05, 0.1) is 17.6 Å². The van der Waals surface area contributed by atoms with Gasteiger partial charge < -0.3 is 9.67 Å². The number of hydrogen-bond donors (Lipinski definition) is 2. The summed E-state index contributed by atoms with van der Waals surface area (Å²) in [6, 6.07) is 18.3. The average molecular weight is 638 g/mol. The molecule has 0 amide bonds. The Morgan fingerprint density at radius 1 is 0.826 bits per heavy atom. The molecule has 0 unspecified atom stereocenters. The van der Waals surface area contributed by atoms with Crippen LogP contribution in [-0.2, 0) is 40.5 Å². The zero-order valence-corrected chi connectivity index (χ0v) is 26.2. The van der Waals surface area contributed by atoms with Crippen LogP contribution in [0.1, 0.15) is 47.9 Å². The summed E-state index contributed by atoms with van der Waals surface area (Å²) >= 11 is 0. The van der Waals surface area contributed by atoms with Gasteiger partial charge in [-0.3, -0.25) is 4.79 Å². The van der Waals surface area contributed by atoms with Crippen molar-refractivity contribution in [2.45, 2.75) is 56.9 Å². The van der Waals surface area contributed by atoms with E-state index in [1.165, 1.54) is 39.8 Å². The SMILES string of the molecule is O=C1[C@@H]2CC[C@H]1Cc1ccc(O)cc1C2.O=S1(=O)C=C[C@]2(N1)[C@@H]1CC[C@H]2Cc2ccc(-c3cn(-c4ccc(F)cc4)cn3)cc2C1. The van der Waals surface area contributed by atoms with Crippen LogP contribution in [0.5, 0.6) is 5.75 Å². The number of nitrogens with one attached hydrogen (secondary N) is 1. The minimum Gasteiger partial charge on any atom is -0.508 e. The molecular formula is C37H36FN3O4S. The monoisotopic (exact) mass is 637 g/mol. The molecule has 4 aromatic rings. The molecule has 1 aromatic heterocycles. The van der Waals surface area contributed by atoms with Crippen molar-refractivity contribution < 1.29 is 22.7 Å². The molecule has 1 spiro atoms. The fourth-order valence-electron chi connectivity index (χ4n) is 8.60. The van der Waals surface area contributed by atoms with Crippen LogP contribution in [0.25, 0.3) is 16.9 Å². The topological polar surface area (TPSA) is 101 Å². The van der Waals surface area contributed by atoms with E-state index in [9.17, 15) is 22.7 Å². The van der Waals surface area contributed by atoms with Crippen molar-refractivity contribution in [2.24, 2.45) is 23.7 Å². The molecule has 2 fully saturated rings. The summed E-state index contributed by atoms with van der Waals surface area (Å²) < 4.78 is 42.4. The molecule has 2 heterocycles. The molecule has 9 rings (SSSR count). The number of aromatic nitrogens is 2. The zero-order valence-electron chi connectivity index (χ0n) is 25.4. The highest BCUT2D eigenvalue weighted by atomic mass is 32.2. The molecule has 4 bridgehead atoms. The van der Waals surface area contributed by atoms with Crippen LogP contribution in [0, 0.1) is 29.5 Å². The lowest BCUT2D eigenvalue weighted by Gasteiger charge is -2.33. The van der Waals surface area contributed by atoms with Gasteiger partial charge in [-0.2, -0.15) is 0 Å². The van der Waals surface area contributed by atoms with Gasteiger partial charge in [0.15, 0.2) is 0 Å². The van der Waals surface area contributed by atoms with Crippen LogP contribution < -0.4 is 4.72 Å². The van der Waals surface area contributed by atoms with E-state index in [-0.39, 0.29) is 29.5 Å². The van der Waals surface area contributed by atoms with E-state index in [0.29, 0.717) is 11.5 Å². The molecule has 5 atom stereocenters. The highest BCUT2D eigenvalue weighted by molar-refractivity contribution is 7.92. The third-order valence-corrected chi connectivity index (χ3v) is 12.1. The molecule has 236 valence electrons. The molecule has 1 aliphatic heterocycles. The molecular weight excluding hydrogens is 601 g/mol. The van der Waals surface area contributed by atoms with Gasteiger partial charge >= 0.3 is 0 Å². The number of ketones is 1. The number of benzene rings is 3. The number of Topliss-reactive ketones (excluding diaryl/α,β-unsaturated/α-hetero) is 1. The van der Waals surface area contributed by atoms with Gasteiger partial charge in [0.1, 0.15) is 17.3 Å². The first-order valence-corrected chi connectivity index (χ1v) is 17.7. The minimum atomic E-state index is -3.33. The van der Waals surface area contributed by atoms with Gasteiger partial charge in [0, 0.05) is 34.7 Å². The highest BCUT2D eigenvalue weighted by Gasteiger charge is 2.54. The first kappa shape index (κ1) is 29.3. The Hall–Kier alpha value is -4.08. The van der Waals surface area contributed by atoms with Crippen LogP contribution >= 0.6 is 0 Å². The van der Waals surface area contributed by atoms with Crippen molar-refractivity contribution in [3.63, 3.8) is 0 Å². The Labute approximate surface area is 268 Å². The number of imidazole rings is 1. The van der Waals surface area contributed by atoms with Crippen molar-refractivity contribution >= 4 is 15.8 Å². The van der Waals surface area contributed by atoms with Gasteiger partial charge in [0.2, 0.25) is 10.0 Å². The summed E-state index contributed by atoms with van der Waals surface area (Å²) in [6.07, 6.45) is 13.2. The smallest absolute Gasteiger partial charge is 0.234 e. The van der Waals surface area contributed by atoms with Crippen molar-refractivity contribution in [3.8, 4) is 22.7 Å². The second-order valence-electron chi connectivity index (χ2n) is 13.6. The Balaban J connectivity index is 0.000000174. The van der Waals surface area contributed by atoms with E-state index in [1.807, 2.05) is 29.0 Å². The number of carbonyl (C=O) groups excluding carboxylic acids is 1. The molecule has 2 N–H and O–H groups in total. The Morgan fingerprint density at radius 3 is 2.20 bits per heavy atom. The van der Waals surface area contributed by atoms with Crippen molar-refractivity contribution in [3.05, 3.63) is 113 Å². The van der Waals surface area contributed by atoms with E-state index >= 15 is 0 Å². The van der Waals surface area contributed by atoms with E-state index in [1.54, 1.807) is 24.5 Å².